The number of aromatic nitrogens is 2. The van der Waals surface area contributed by atoms with E-state index in [2.05, 4.69) is 15.0 Å². The molecule has 3 rings (SSSR count). The van der Waals surface area contributed by atoms with Crippen LogP contribution in [-0.4, -0.2) is 40.7 Å². The van der Waals surface area contributed by atoms with Crippen LogP contribution in [0.25, 0.3) is 11.5 Å². The van der Waals surface area contributed by atoms with Crippen LogP contribution in [0.2, 0.25) is 0 Å². The van der Waals surface area contributed by atoms with Crippen molar-refractivity contribution in [3.05, 3.63) is 35.7 Å². The number of carbonyl (C=O) groups is 1. The molecule has 0 amide bonds. The maximum atomic E-state index is 11.9. The normalized spacial score (nSPS) is 18.8. The summed E-state index contributed by atoms with van der Waals surface area (Å²) in [6.45, 7) is 3.35. The third kappa shape index (κ3) is 3.42. The van der Waals surface area contributed by atoms with Gasteiger partial charge in [-0.2, -0.15) is 4.98 Å². The minimum atomic E-state index is -0.214. The molecule has 23 heavy (non-hydrogen) atoms. The maximum Gasteiger partial charge on any atom is 0.323 e. The van der Waals surface area contributed by atoms with Crippen molar-refractivity contribution in [3.8, 4) is 11.5 Å². The lowest BCUT2D eigenvalue weighted by atomic mass is 10.0. The van der Waals surface area contributed by atoms with Gasteiger partial charge in [0, 0.05) is 5.56 Å². The zero-order chi connectivity index (χ0) is 16.2. The number of likely N-dealkylation sites (tertiary alicyclic amines) is 1. The fourth-order valence-electron chi connectivity index (χ4n) is 3.01. The zero-order valence-electron chi connectivity index (χ0n) is 13.5. The highest BCUT2D eigenvalue weighted by molar-refractivity contribution is 5.75. The molecule has 0 spiro atoms. The molecule has 1 aromatic carbocycles. The molecule has 1 saturated heterocycles. The molecular formula is C17H21N3O3. The van der Waals surface area contributed by atoms with Crippen molar-refractivity contribution in [2.75, 3.05) is 13.7 Å². The standard InChI is InChI=1S/C17H21N3O3/c1-12-7-3-4-8-13(12)16-18-15(19-23-16)11-20-10-6-5-9-14(20)17(21)22-2/h3-4,7-8,14H,5-6,9-11H2,1-2H3. The summed E-state index contributed by atoms with van der Waals surface area (Å²) >= 11 is 0. The molecule has 1 aromatic heterocycles. The molecule has 1 unspecified atom stereocenters. The molecule has 2 heterocycles. The molecule has 1 fully saturated rings. The Balaban J connectivity index is 1.75. The second kappa shape index (κ2) is 6.91. The third-order valence-electron chi connectivity index (χ3n) is 4.27. The molecule has 0 radical (unpaired) electrons. The van der Waals surface area contributed by atoms with Gasteiger partial charge >= 0.3 is 5.97 Å². The van der Waals surface area contributed by atoms with Crippen molar-refractivity contribution in [2.24, 2.45) is 0 Å². The third-order valence-corrected chi connectivity index (χ3v) is 4.27. The number of benzene rings is 1. The highest BCUT2D eigenvalue weighted by Gasteiger charge is 2.30. The van der Waals surface area contributed by atoms with E-state index in [1.807, 2.05) is 31.2 Å². The van der Waals surface area contributed by atoms with E-state index in [4.69, 9.17) is 9.26 Å². The summed E-state index contributed by atoms with van der Waals surface area (Å²) < 4.78 is 10.3. The van der Waals surface area contributed by atoms with Gasteiger partial charge in [-0.1, -0.05) is 29.8 Å². The Morgan fingerprint density at radius 1 is 1.39 bits per heavy atom. The summed E-state index contributed by atoms with van der Waals surface area (Å²) in [5.74, 6) is 0.927. The van der Waals surface area contributed by atoms with Crippen LogP contribution in [0.5, 0.6) is 0 Å². The first-order valence-electron chi connectivity index (χ1n) is 7.89. The van der Waals surface area contributed by atoms with Gasteiger partial charge in [-0.05, 0) is 37.9 Å². The van der Waals surface area contributed by atoms with Crippen LogP contribution < -0.4 is 0 Å². The molecule has 0 aliphatic carbocycles. The largest absolute Gasteiger partial charge is 0.468 e. The van der Waals surface area contributed by atoms with E-state index in [0.29, 0.717) is 18.3 Å². The van der Waals surface area contributed by atoms with Gasteiger partial charge in [0.1, 0.15) is 6.04 Å². The van der Waals surface area contributed by atoms with Crippen molar-refractivity contribution in [1.82, 2.24) is 15.0 Å². The summed E-state index contributed by atoms with van der Waals surface area (Å²) in [5.41, 5.74) is 2.03. The van der Waals surface area contributed by atoms with E-state index in [1.54, 1.807) is 0 Å². The van der Waals surface area contributed by atoms with Crippen molar-refractivity contribution in [3.63, 3.8) is 0 Å². The maximum absolute atomic E-state index is 11.9. The summed E-state index contributed by atoms with van der Waals surface area (Å²) in [6.07, 6.45) is 2.92. The molecule has 6 heteroatoms. The molecule has 1 aliphatic heterocycles. The summed E-state index contributed by atoms with van der Waals surface area (Å²) in [5, 5.41) is 4.07. The summed E-state index contributed by atoms with van der Waals surface area (Å²) in [7, 11) is 1.43. The monoisotopic (exact) mass is 315 g/mol. The first kappa shape index (κ1) is 15.7. The number of hydrogen-bond acceptors (Lipinski definition) is 6. The van der Waals surface area contributed by atoms with E-state index in [9.17, 15) is 4.79 Å². The second-order valence-corrected chi connectivity index (χ2v) is 5.84. The van der Waals surface area contributed by atoms with Crippen molar-refractivity contribution in [2.45, 2.75) is 38.8 Å². The lowest BCUT2D eigenvalue weighted by Crippen LogP contribution is -2.44. The van der Waals surface area contributed by atoms with E-state index in [1.165, 1.54) is 7.11 Å². The fraction of sp³-hybridized carbons (Fsp3) is 0.471. The minimum Gasteiger partial charge on any atom is -0.468 e. The number of carbonyl (C=O) groups excluding carboxylic acids is 1. The van der Waals surface area contributed by atoms with E-state index < -0.39 is 0 Å². The highest BCUT2D eigenvalue weighted by atomic mass is 16.5. The van der Waals surface area contributed by atoms with Gasteiger partial charge in [-0.15, -0.1) is 0 Å². The van der Waals surface area contributed by atoms with Crippen LogP contribution in [0.1, 0.15) is 30.7 Å². The molecule has 1 aliphatic rings. The molecule has 1 atom stereocenters. The Bertz CT molecular complexity index is 683. The number of piperidine rings is 1. The molecular weight excluding hydrogens is 294 g/mol. The highest BCUT2D eigenvalue weighted by Crippen LogP contribution is 2.23. The average molecular weight is 315 g/mol. The van der Waals surface area contributed by atoms with Crippen LogP contribution >= 0.6 is 0 Å². The summed E-state index contributed by atoms with van der Waals surface area (Å²) in [4.78, 5) is 18.5. The SMILES string of the molecule is COC(=O)C1CCCCN1Cc1noc(-c2ccccc2C)n1. The average Bonchev–Trinajstić information content (AvgIpc) is 3.03. The van der Waals surface area contributed by atoms with Gasteiger partial charge < -0.3 is 9.26 Å². The predicted octanol–water partition coefficient (Wildman–Crippen LogP) is 2.57. The van der Waals surface area contributed by atoms with Gasteiger partial charge in [0.25, 0.3) is 5.89 Å². The number of ether oxygens (including phenoxy) is 1. The van der Waals surface area contributed by atoms with Crippen molar-refractivity contribution < 1.29 is 14.1 Å². The van der Waals surface area contributed by atoms with Crippen molar-refractivity contribution >= 4 is 5.97 Å². The molecule has 0 saturated carbocycles. The predicted molar refractivity (Wildman–Crippen MR) is 84.5 cm³/mol. The lowest BCUT2D eigenvalue weighted by Gasteiger charge is -2.32. The molecule has 0 bridgehead atoms. The Morgan fingerprint density at radius 3 is 3.00 bits per heavy atom. The zero-order valence-corrected chi connectivity index (χ0v) is 13.5. The molecule has 0 N–H and O–H groups in total. The number of rotatable bonds is 4. The Kier molecular flexibility index (Phi) is 4.71. The second-order valence-electron chi connectivity index (χ2n) is 5.84. The molecule has 2 aromatic rings. The van der Waals surface area contributed by atoms with Gasteiger partial charge in [0.15, 0.2) is 5.82 Å². The van der Waals surface area contributed by atoms with Crippen LogP contribution in [0.15, 0.2) is 28.8 Å². The van der Waals surface area contributed by atoms with E-state index in [0.717, 1.165) is 36.9 Å². The number of aryl methyl sites for hydroxylation is 1. The van der Waals surface area contributed by atoms with Gasteiger partial charge in [-0.3, -0.25) is 9.69 Å². The van der Waals surface area contributed by atoms with Gasteiger partial charge in [-0.25, -0.2) is 0 Å². The number of esters is 1. The summed E-state index contributed by atoms with van der Waals surface area (Å²) in [6, 6.07) is 7.69. The smallest absolute Gasteiger partial charge is 0.323 e. The van der Waals surface area contributed by atoms with E-state index >= 15 is 0 Å². The fourth-order valence-corrected chi connectivity index (χ4v) is 3.01. The first-order valence-corrected chi connectivity index (χ1v) is 7.89. The minimum absolute atomic E-state index is 0.188. The molecule has 6 nitrogen and oxygen atoms in total. The Morgan fingerprint density at radius 2 is 2.22 bits per heavy atom. The van der Waals surface area contributed by atoms with Crippen LogP contribution in [0.4, 0.5) is 0 Å². The first-order chi connectivity index (χ1) is 11.2. The van der Waals surface area contributed by atoms with Crippen LogP contribution in [0, 0.1) is 6.92 Å². The Labute approximate surface area is 135 Å². The van der Waals surface area contributed by atoms with Gasteiger partial charge in [0.05, 0.1) is 13.7 Å². The van der Waals surface area contributed by atoms with E-state index in [-0.39, 0.29) is 12.0 Å². The number of methoxy groups -OCH3 is 1. The number of nitrogens with zero attached hydrogens (tertiary/aromatic N) is 3. The quantitative estimate of drug-likeness (QED) is 0.808. The Hall–Kier alpha value is -2.21. The topological polar surface area (TPSA) is 68.5 Å². The lowest BCUT2D eigenvalue weighted by molar-refractivity contribution is -0.148. The van der Waals surface area contributed by atoms with Crippen LogP contribution in [0.3, 0.4) is 0 Å². The molecule has 122 valence electrons. The number of hydrogen-bond donors (Lipinski definition) is 0. The van der Waals surface area contributed by atoms with Crippen LogP contribution in [-0.2, 0) is 16.1 Å². The van der Waals surface area contributed by atoms with Crippen molar-refractivity contribution in [1.29, 1.82) is 0 Å². The van der Waals surface area contributed by atoms with Gasteiger partial charge in [0.2, 0.25) is 0 Å².